The van der Waals surface area contributed by atoms with Crippen LogP contribution >= 0.6 is 0 Å². The van der Waals surface area contributed by atoms with E-state index in [4.69, 9.17) is 4.74 Å². The molecule has 0 unspecified atom stereocenters. The number of hydrogen-bond acceptors (Lipinski definition) is 5. The fourth-order valence-electron chi connectivity index (χ4n) is 3.56. The van der Waals surface area contributed by atoms with Crippen molar-refractivity contribution in [3.8, 4) is 5.69 Å². The lowest BCUT2D eigenvalue weighted by atomic mass is 10.0. The number of nitrogens with zero attached hydrogens (tertiary/aromatic N) is 3. The topological polar surface area (TPSA) is 74.1 Å². The van der Waals surface area contributed by atoms with E-state index >= 15 is 0 Å². The van der Waals surface area contributed by atoms with Crippen molar-refractivity contribution in [1.82, 2.24) is 15.0 Å². The molecule has 142 valence electrons. The van der Waals surface area contributed by atoms with Crippen LogP contribution < -0.4 is 0 Å². The molecular weight excluding hydrogens is 354 g/mol. The Labute approximate surface area is 163 Å². The third kappa shape index (κ3) is 3.33. The van der Waals surface area contributed by atoms with Crippen molar-refractivity contribution in [1.29, 1.82) is 0 Å². The summed E-state index contributed by atoms with van der Waals surface area (Å²) in [5.74, 6) is -0.863. The van der Waals surface area contributed by atoms with E-state index < -0.39 is 12.1 Å². The second-order valence-corrected chi connectivity index (χ2v) is 7.02. The predicted octanol–water partition coefficient (Wildman–Crippen LogP) is 3.49. The summed E-state index contributed by atoms with van der Waals surface area (Å²) in [6.07, 6.45) is 2.28. The van der Waals surface area contributed by atoms with Crippen LogP contribution in [-0.4, -0.2) is 32.9 Å². The molecule has 0 spiro atoms. The molecule has 1 heterocycles. The maximum absolute atomic E-state index is 12.7. The van der Waals surface area contributed by atoms with Crippen LogP contribution in [0.5, 0.6) is 0 Å². The first kappa shape index (κ1) is 18.1. The molecule has 0 N–H and O–H groups in total. The van der Waals surface area contributed by atoms with Crippen molar-refractivity contribution in [2.24, 2.45) is 0 Å². The molecule has 0 radical (unpaired) electrons. The predicted molar refractivity (Wildman–Crippen MR) is 104 cm³/mol. The van der Waals surface area contributed by atoms with E-state index in [1.165, 1.54) is 11.1 Å². The Hall–Kier alpha value is -3.28. The third-order valence-corrected chi connectivity index (χ3v) is 5.12. The van der Waals surface area contributed by atoms with Gasteiger partial charge in [0.2, 0.25) is 5.78 Å². The van der Waals surface area contributed by atoms with Gasteiger partial charge in [-0.15, -0.1) is 5.10 Å². The van der Waals surface area contributed by atoms with Gasteiger partial charge in [0.15, 0.2) is 11.8 Å². The van der Waals surface area contributed by atoms with Crippen LogP contribution in [0.2, 0.25) is 0 Å². The number of carbonyl (C=O) groups is 2. The van der Waals surface area contributed by atoms with Crippen LogP contribution in [-0.2, 0) is 17.6 Å². The summed E-state index contributed by atoms with van der Waals surface area (Å²) in [6, 6.07) is 15.1. The van der Waals surface area contributed by atoms with Gasteiger partial charge in [0.1, 0.15) is 0 Å². The van der Waals surface area contributed by atoms with Gasteiger partial charge >= 0.3 is 5.97 Å². The van der Waals surface area contributed by atoms with Gasteiger partial charge in [-0.1, -0.05) is 35.5 Å². The Balaban J connectivity index is 1.49. The number of aryl methyl sites for hydroxylation is 2. The zero-order valence-electron chi connectivity index (χ0n) is 15.9. The highest BCUT2D eigenvalue weighted by atomic mass is 16.5. The lowest BCUT2D eigenvalue weighted by molar-refractivity contribution is 0.0312. The Morgan fingerprint density at radius 1 is 1.07 bits per heavy atom. The summed E-state index contributed by atoms with van der Waals surface area (Å²) in [6.45, 7) is 3.33. The van der Waals surface area contributed by atoms with E-state index in [0.29, 0.717) is 11.3 Å². The van der Waals surface area contributed by atoms with Crippen molar-refractivity contribution in [3.63, 3.8) is 0 Å². The van der Waals surface area contributed by atoms with Gasteiger partial charge in [-0.25, -0.2) is 9.48 Å². The molecule has 1 atom stereocenters. The number of hydrogen-bond donors (Lipinski definition) is 0. The SMILES string of the molecule is Cc1c(C(=O)O[C@H](C)C(=O)c2ccc3c(c2)CCC3)nnn1-c1ccccc1. The highest BCUT2D eigenvalue weighted by Gasteiger charge is 2.25. The first-order valence-corrected chi connectivity index (χ1v) is 9.39. The molecule has 1 aliphatic rings. The van der Waals surface area contributed by atoms with Crippen LogP contribution in [0.15, 0.2) is 48.5 Å². The fourth-order valence-corrected chi connectivity index (χ4v) is 3.56. The lowest BCUT2D eigenvalue weighted by Gasteiger charge is -2.12. The number of Topliss-reactive ketones (excluding diaryl/α,β-unsaturated/α-hetero) is 1. The van der Waals surface area contributed by atoms with Crippen LogP contribution in [0.4, 0.5) is 0 Å². The maximum atomic E-state index is 12.7. The number of benzene rings is 2. The quantitative estimate of drug-likeness (QED) is 0.504. The van der Waals surface area contributed by atoms with E-state index in [1.54, 1.807) is 18.5 Å². The molecule has 0 amide bonds. The normalized spacial score (nSPS) is 13.8. The number of esters is 1. The minimum absolute atomic E-state index is 0.109. The van der Waals surface area contributed by atoms with Crippen molar-refractivity contribution >= 4 is 11.8 Å². The minimum Gasteiger partial charge on any atom is -0.449 e. The number of aromatic nitrogens is 3. The molecule has 0 bridgehead atoms. The second kappa shape index (κ2) is 7.38. The van der Waals surface area contributed by atoms with Crippen molar-refractivity contribution < 1.29 is 14.3 Å². The molecule has 6 nitrogen and oxygen atoms in total. The van der Waals surface area contributed by atoms with E-state index in [0.717, 1.165) is 24.9 Å². The summed E-state index contributed by atoms with van der Waals surface area (Å²) in [5.41, 5.74) is 4.56. The smallest absolute Gasteiger partial charge is 0.361 e. The van der Waals surface area contributed by atoms with E-state index in [2.05, 4.69) is 10.3 Å². The van der Waals surface area contributed by atoms with Gasteiger partial charge in [-0.3, -0.25) is 4.79 Å². The molecule has 1 aliphatic carbocycles. The number of ketones is 1. The third-order valence-electron chi connectivity index (χ3n) is 5.12. The molecule has 1 aromatic heterocycles. The van der Waals surface area contributed by atoms with Crippen molar-refractivity contribution in [2.45, 2.75) is 39.2 Å². The maximum Gasteiger partial charge on any atom is 0.361 e. The lowest BCUT2D eigenvalue weighted by Crippen LogP contribution is -2.25. The van der Waals surface area contributed by atoms with Gasteiger partial charge in [0, 0.05) is 5.56 Å². The molecule has 4 rings (SSSR count). The number of ether oxygens (including phenoxy) is 1. The molecule has 0 saturated heterocycles. The Bertz CT molecular complexity index is 1040. The molecule has 28 heavy (non-hydrogen) atoms. The molecule has 2 aromatic carbocycles. The monoisotopic (exact) mass is 375 g/mol. The van der Waals surface area contributed by atoms with Crippen LogP contribution in [0, 0.1) is 6.92 Å². The molecule has 0 fully saturated rings. The zero-order chi connectivity index (χ0) is 19.7. The van der Waals surface area contributed by atoms with Crippen LogP contribution in [0.3, 0.4) is 0 Å². The average Bonchev–Trinajstić information content (AvgIpc) is 3.33. The summed E-state index contributed by atoms with van der Waals surface area (Å²) in [7, 11) is 0. The van der Waals surface area contributed by atoms with Gasteiger partial charge in [-0.2, -0.15) is 0 Å². The second-order valence-electron chi connectivity index (χ2n) is 7.02. The Kier molecular flexibility index (Phi) is 4.77. The Morgan fingerprint density at radius 2 is 1.82 bits per heavy atom. The van der Waals surface area contributed by atoms with E-state index in [9.17, 15) is 9.59 Å². The standard InChI is InChI=1S/C22H21N3O3/c1-14-20(23-24-25(14)19-9-4-3-5-10-19)22(27)28-15(2)21(26)18-12-11-16-7-6-8-17(16)13-18/h3-5,9-13,15H,6-8H2,1-2H3/t15-/m1/s1. The van der Waals surface area contributed by atoms with Gasteiger partial charge in [0.05, 0.1) is 11.4 Å². The first-order valence-electron chi connectivity index (χ1n) is 9.39. The highest BCUT2D eigenvalue weighted by molar-refractivity contribution is 6.01. The van der Waals surface area contributed by atoms with Gasteiger partial charge in [-0.05, 0) is 62.4 Å². The summed E-state index contributed by atoms with van der Waals surface area (Å²) in [5, 5.41) is 7.99. The van der Waals surface area contributed by atoms with Gasteiger partial charge < -0.3 is 4.74 Å². The summed E-state index contributed by atoms with van der Waals surface area (Å²) < 4.78 is 6.97. The van der Waals surface area contributed by atoms with Crippen molar-refractivity contribution in [3.05, 3.63) is 76.6 Å². The fraction of sp³-hybridized carbons (Fsp3) is 0.273. The largest absolute Gasteiger partial charge is 0.449 e. The van der Waals surface area contributed by atoms with Crippen LogP contribution in [0.1, 0.15) is 51.0 Å². The highest BCUT2D eigenvalue weighted by Crippen LogP contribution is 2.24. The summed E-state index contributed by atoms with van der Waals surface area (Å²) in [4.78, 5) is 25.3. The number of rotatable bonds is 5. The molecule has 0 aliphatic heterocycles. The molecule has 6 heteroatoms. The minimum atomic E-state index is -0.895. The average molecular weight is 375 g/mol. The number of fused-ring (bicyclic) bond motifs is 1. The van der Waals surface area contributed by atoms with E-state index in [1.807, 2.05) is 48.5 Å². The number of carbonyl (C=O) groups excluding carboxylic acids is 2. The molecule has 3 aromatic rings. The van der Waals surface area contributed by atoms with Crippen LogP contribution in [0.25, 0.3) is 5.69 Å². The number of para-hydroxylation sites is 1. The molecular formula is C22H21N3O3. The summed E-state index contributed by atoms with van der Waals surface area (Å²) >= 11 is 0. The zero-order valence-corrected chi connectivity index (χ0v) is 15.9. The molecule has 0 saturated carbocycles. The van der Waals surface area contributed by atoms with Crippen molar-refractivity contribution in [2.75, 3.05) is 0 Å². The first-order chi connectivity index (χ1) is 13.5. The Morgan fingerprint density at radius 3 is 2.61 bits per heavy atom. The van der Waals surface area contributed by atoms with Gasteiger partial charge in [0.25, 0.3) is 0 Å². The van der Waals surface area contributed by atoms with E-state index in [-0.39, 0.29) is 11.5 Å².